The second-order valence-corrected chi connectivity index (χ2v) is 4.07. The largest absolute Gasteiger partial charge is 0.366 e. The van der Waals surface area contributed by atoms with Crippen molar-refractivity contribution in [3.63, 3.8) is 0 Å². The first-order valence-corrected chi connectivity index (χ1v) is 6.54. The molecule has 2 aromatic rings. The van der Waals surface area contributed by atoms with Crippen LogP contribution in [-0.4, -0.2) is 23.3 Å². The Balaban J connectivity index is 2.17. The lowest BCUT2D eigenvalue weighted by Gasteiger charge is -2.13. The third-order valence-corrected chi connectivity index (χ3v) is 2.68. The molecule has 0 aliphatic carbocycles. The molecule has 1 N–H and O–H groups in total. The summed E-state index contributed by atoms with van der Waals surface area (Å²) in [5, 5.41) is 7.16. The second kappa shape index (κ2) is 7.01. The number of nitrogens with zero attached hydrogens (tertiary/aromatic N) is 2. The van der Waals surface area contributed by atoms with Gasteiger partial charge in [-0.2, -0.15) is 4.98 Å². The lowest BCUT2D eigenvalue weighted by atomic mass is 10.1. The molecule has 1 atom stereocenters. The molecule has 2 rings (SSSR count). The van der Waals surface area contributed by atoms with Gasteiger partial charge in [-0.15, -0.1) is 0 Å². The molecule has 0 amide bonds. The molecule has 19 heavy (non-hydrogen) atoms. The smallest absolute Gasteiger partial charge is 0.240 e. The molecule has 1 aromatic heterocycles. The molecule has 102 valence electrons. The Bertz CT molecular complexity index is 484. The lowest BCUT2D eigenvalue weighted by Crippen LogP contribution is -2.12. The van der Waals surface area contributed by atoms with Gasteiger partial charge in [0, 0.05) is 6.61 Å². The zero-order valence-electron chi connectivity index (χ0n) is 11.3. The van der Waals surface area contributed by atoms with E-state index in [1.54, 1.807) is 0 Å². The van der Waals surface area contributed by atoms with Crippen LogP contribution in [0.15, 0.2) is 34.9 Å². The summed E-state index contributed by atoms with van der Waals surface area (Å²) >= 11 is 0. The highest BCUT2D eigenvalue weighted by Crippen LogP contribution is 2.23. The van der Waals surface area contributed by atoms with E-state index in [2.05, 4.69) is 15.5 Å². The minimum Gasteiger partial charge on any atom is -0.366 e. The molecular formula is C14H19N3O2. The van der Waals surface area contributed by atoms with Crippen molar-refractivity contribution in [1.82, 2.24) is 15.5 Å². The third-order valence-electron chi connectivity index (χ3n) is 2.68. The zero-order chi connectivity index (χ0) is 13.5. The first kappa shape index (κ1) is 13.7. The standard InChI is InChI=1S/C14H19N3O2/c1-3-15-10-12-16-14(17-19-12)13(18-4-2)11-8-6-5-7-9-11/h5-9,13,15H,3-4,10H2,1-2H3. The van der Waals surface area contributed by atoms with E-state index in [1.807, 2.05) is 44.2 Å². The highest BCUT2D eigenvalue weighted by Gasteiger charge is 2.20. The van der Waals surface area contributed by atoms with Crippen LogP contribution >= 0.6 is 0 Å². The van der Waals surface area contributed by atoms with Crippen molar-refractivity contribution in [1.29, 1.82) is 0 Å². The van der Waals surface area contributed by atoms with Crippen LogP contribution in [0.4, 0.5) is 0 Å². The third kappa shape index (κ3) is 3.62. The molecule has 0 aliphatic heterocycles. The van der Waals surface area contributed by atoms with E-state index in [1.165, 1.54) is 0 Å². The van der Waals surface area contributed by atoms with Crippen molar-refractivity contribution in [2.45, 2.75) is 26.5 Å². The molecule has 0 saturated heterocycles. The van der Waals surface area contributed by atoms with Gasteiger partial charge < -0.3 is 14.6 Å². The normalized spacial score (nSPS) is 12.5. The fraction of sp³-hybridized carbons (Fsp3) is 0.429. The van der Waals surface area contributed by atoms with Gasteiger partial charge in [0.15, 0.2) is 0 Å². The van der Waals surface area contributed by atoms with Gasteiger partial charge in [-0.3, -0.25) is 0 Å². The molecule has 5 heteroatoms. The molecule has 0 saturated carbocycles. The van der Waals surface area contributed by atoms with Crippen molar-refractivity contribution < 1.29 is 9.26 Å². The first-order chi connectivity index (χ1) is 9.35. The fourth-order valence-corrected chi connectivity index (χ4v) is 1.79. The summed E-state index contributed by atoms with van der Waals surface area (Å²) in [4.78, 5) is 4.38. The van der Waals surface area contributed by atoms with Crippen LogP contribution in [0.5, 0.6) is 0 Å². The van der Waals surface area contributed by atoms with Crippen molar-refractivity contribution in [3.8, 4) is 0 Å². The number of nitrogens with one attached hydrogen (secondary N) is 1. The van der Waals surface area contributed by atoms with Crippen LogP contribution in [0, 0.1) is 0 Å². The highest BCUT2D eigenvalue weighted by atomic mass is 16.5. The molecule has 0 spiro atoms. The maximum Gasteiger partial charge on any atom is 0.240 e. The maximum absolute atomic E-state index is 5.73. The highest BCUT2D eigenvalue weighted by molar-refractivity contribution is 5.22. The van der Waals surface area contributed by atoms with Crippen molar-refractivity contribution in [2.75, 3.05) is 13.2 Å². The predicted molar refractivity (Wildman–Crippen MR) is 71.6 cm³/mol. The van der Waals surface area contributed by atoms with Crippen molar-refractivity contribution in [3.05, 3.63) is 47.6 Å². The van der Waals surface area contributed by atoms with Crippen LogP contribution in [-0.2, 0) is 11.3 Å². The Morgan fingerprint density at radius 2 is 2.05 bits per heavy atom. The molecule has 0 bridgehead atoms. The number of hydrogen-bond acceptors (Lipinski definition) is 5. The van der Waals surface area contributed by atoms with E-state index in [4.69, 9.17) is 9.26 Å². The quantitative estimate of drug-likeness (QED) is 0.828. The summed E-state index contributed by atoms with van der Waals surface area (Å²) in [6, 6.07) is 9.92. The number of hydrogen-bond donors (Lipinski definition) is 1. The number of aromatic nitrogens is 2. The SMILES string of the molecule is CCNCc1nc(C(OCC)c2ccccc2)no1. The summed E-state index contributed by atoms with van der Waals surface area (Å²) in [7, 11) is 0. The fourth-order valence-electron chi connectivity index (χ4n) is 1.79. The Morgan fingerprint density at radius 3 is 2.74 bits per heavy atom. The summed E-state index contributed by atoms with van der Waals surface area (Å²) < 4.78 is 10.9. The topological polar surface area (TPSA) is 60.2 Å². The van der Waals surface area contributed by atoms with Gasteiger partial charge in [0.1, 0.15) is 6.10 Å². The molecule has 1 heterocycles. The second-order valence-electron chi connectivity index (χ2n) is 4.07. The van der Waals surface area contributed by atoms with Crippen LogP contribution in [0.3, 0.4) is 0 Å². The number of benzene rings is 1. The summed E-state index contributed by atoms with van der Waals surface area (Å²) in [5.74, 6) is 1.15. The molecule has 1 unspecified atom stereocenters. The van der Waals surface area contributed by atoms with Crippen LogP contribution < -0.4 is 5.32 Å². The summed E-state index contributed by atoms with van der Waals surface area (Å²) in [6.45, 7) is 6.03. The van der Waals surface area contributed by atoms with Gasteiger partial charge >= 0.3 is 0 Å². The molecule has 0 fully saturated rings. The molecule has 0 radical (unpaired) electrons. The zero-order valence-corrected chi connectivity index (χ0v) is 11.3. The Kier molecular flexibility index (Phi) is 5.06. The van der Waals surface area contributed by atoms with E-state index in [0.29, 0.717) is 24.9 Å². The van der Waals surface area contributed by atoms with Gasteiger partial charge in [0.05, 0.1) is 6.54 Å². The summed E-state index contributed by atoms with van der Waals surface area (Å²) in [5.41, 5.74) is 1.03. The van der Waals surface area contributed by atoms with Gasteiger partial charge in [0.25, 0.3) is 0 Å². The van der Waals surface area contributed by atoms with E-state index < -0.39 is 0 Å². The Labute approximate surface area is 113 Å². The van der Waals surface area contributed by atoms with Crippen LogP contribution in [0.25, 0.3) is 0 Å². The van der Waals surface area contributed by atoms with Gasteiger partial charge in [-0.25, -0.2) is 0 Å². The number of ether oxygens (including phenoxy) is 1. The average molecular weight is 261 g/mol. The van der Waals surface area contributed by atoms with E-state index >= 15 is 0 Å². The lowest BCUT2D eigenvalue weighted by molar-refractivity contribution is 0.0833. The van der Waals surface area contributed by atoms with E-state index in [9.17, 15) is 0 Å². The Morgan fingerprint density at radius 1 is 1.26 bits per heavy atom. The van der Waals surface area contributed by atoms with Crippen molar-refractivity contribution in [2.24, 2.45) is 0 Å². The first-order valence-electron chi connectivity index (χ1n) is 6.54. The number of rotatable bonds is 7. The molecule has 0 aliphatic rings. The molecular weight excluding hydrogens is 242 g/mol. The van der Waals surface area contributed by atoms with Gasteiger partial charge in [0.2, 0.25) is 11.7 Å². The minimum atomic E-state index is -0.273. The van der Waals surface area contributed by atoms with Gasteiger partial charge in [-0.05, 0) is 19.0 Å². The van der Waals surface area contributed by atoms with E-state index in [-0.39, 0.29) is 6.10 Å². The van der Waals surface area contributed by atoms with Crippen LogP contribution in [0.2, 0.25) is 0 Å². The van der Waals surface area contributed by atoms with Crippen molar-refractivity contribution >= 4 is 0 Å². The predicted octanol–water partition coefficient (Wildman–Crippen LogP) is 2.31. The van der Waals surface area contributed by atoms with Gasteiger partial charge in [-0.1, -0.05) is 42.4 Å². The monoisotopic (exact) mass is 261 g/mol. The molecule has 5 nitrogen and oxygen atoms in total. The maximum atomic E-state index is 5.73. The molecule has 1 aromatic carbocycles. The van der Waals surface area contributed by atoms with E-state index in [0.717, 1.165) is 12.1 Å². The van der Waals surface area contributed by atoms with Crippen LogP contribution in [0.1, 0.15) is 37.2 Å². The minimum absolute atomic E-state index is 0.273. The Hall–Kier alpha value is -1.72. The summed E-state index contributed by atoms with van der Waals surface area (Å²) in [6.07, 6.45) is -0.273. The average Bonchev–Trinajstić information content (AvgIpc) is 2.92.